The van der Waals surface area contributed by atoms with Gasteiger partial charge in [-0.3, -0.25) is 0 Å². The van der Waals surface area contributed by atoms with Gasteiger partial charge in [-0.25, -0.2) is 9.36 Å². The summed E-state index contributed by atoms with van der Waals surface area (Å²) in [5.74, 6) is -0.496. The summed E-state index contributed by atoms with van der Waals surface area (Å²) in [6.07, 6.45) is 0.919. The lowest BCUT2D eigenvalue weighted by atomic mass is 10.0. The molecule has 5 nitrogen and oxygen atoms in total. The van der Waals surface area contributed by atoms with Crippen molar-refractivity contribution in [2.45, 2.75) is 6.10 Å². The van der Waals surface area contributed by atoms with Crippen LogP contribution in [0, 0.1) is 0 Å². The van der Waals surface area contributed by atoms with E-state index in [0.717, 1.165) is 10.9 Å². The summed E-state index contributed by atoms with van der Waals surface area (Å²) in [5, 5.41) is 11.6. The molecule has 0 saturated carbocycles. The van der Waals surface area contributed by atoms with E-state index in [-0.39, 0.29) is 29.7 Å². The Bertz CT molecular complexity index is 845. The number of para-hydroxylation sites is 1. The van der Waals surface area contributed by atoms with E-state index in [0.29, 0.717) is 11.3 Å². The highest BCUT2D eigenvalue weighted by Crippen LogP contribution is 2.31. The van der Waals surface area contributed by atoms with Gasteiger partial charge in [-0.1, -0.05) is 18.2 Å². The van der Waals surface area contributed by atoms with E-state index >= 15 is 0 Å². The van der Waals surface area contributed by atoms with Crippen molar-refractivity contribution in [1.29, 1.82) is 0 Å². The number of hydrogen-bond donors (Lipinski definition) is 2. The fraction of sp³-hybridized carbons (Fsp3) is 0.176. The number of esters is 1. The van der Waals surface area contributed by atoms with E-state index in [2.05, 4.69) is 4.98 Å². The molecule has 0 fully saturated rings. The summed E-state index contributed by atoms with van der Waals surface area (Å²) in [4.78, 5) is 15.1. The van der Waals surface area contributed by atoms with E-state index in [1.54, 1.807) is 0 Å². The van der Waals surface area contributed by atoms with E-state index in [4.69, 9.17) is 4.74 Å². The number of aryl methyl sites for hydroxylation is 1. The molecule has 2 aromatic heterocycles. The third-order valence-corrected chi connectivity index (χ3v) is 3.78. The number of H-pyrrole nitrogens is 1. The number of ether oxygens (including phenoxy) is 1. The average Bonchev–Trinajstić information content (AvgIpc) is 2.93. The van der Waals surface area contributed by atoms with Gasteiger partial charge in [0.05, 0.1) is 7.11 Å². The molecule has 0 aliphatic heterocycles. The molecule has 0 radical (unpaired) electrons. The highest BCUT2D eigenvalue weighted by Gasteiger charge is 2.28. The summed E-state index contributed by atoms with van der Waals surface area (Å²) in [6, 6.07) is 13.0. The monoisotopic (exact) mass is 424 g/mol. The average molecular weight is 424 g/mol. The fourth-order valence-corrected chi connectivity index (χ4v) is 2.68. The number of aromatic amines is 1. The van der Waals surface area contributed by atoms with Gasteiger partial charge in [0.25, 0.3) is 0 Å². The standard InChI is InChI=1S/C17H16N2O3.HI/c1-19-10-6-5-9-13(19)16(20)14-11-7-3-4-8-12(11)18-15(14)17(21)22-2;/h3-10,16,20H,1-2H3;1H. The van der Waals surface area contributed by atoms with Gasteiger partial charge in [0.1, 0.15) is 12.7 Å². The number of nitrogens with one attached hydrogen (secondary N) is 1. The number of carbonyl (C=O) groups excluding carboxylic acids is 1. The molecule has 1 aromatic carbocycles. The van der Waals surface area contributed by atoms with Crippen molar-refractivity contribution in [3.8, 4) is 0 Å². The highest BCUT2D eigenvalue weighted by molar-refractivity contribution is 5.98. The van der Waals surface area contributed by atoms with Crippen LogP contribution in [0.3, 0.4) is 0 Å². The molecule has 1 unspecified atom stereocenters. The second kappa shape index (κ2) is 7.10. The summed E-state index contributed by atoms with van der Waals surface area (Å²) in [7, 11) is 3.18. The Labute approximate surface area is 150 Å². The van der Waals surface area contributed by atoms with Gasteiger partial charge in [0.15, 0.2) is 12.3 Å². The largest absolute Gasteiger partial charge is 1.00 e. The number of halogens is 1. The quantitative estimate of drug-likeness (QED) is 0.318. The predicted molar refractivity (Wildman–Crippen MR) is 81.3 cm³/mol. The Morgan fingerprint density at radius 3 is 2.61 bits per heavy atom. The van der Waals surface area contributed by atoms with Gasteiger partial charge in [0.2, 0.25) is 5.69 Å². The van der Waals surface area contributed by atoms with E-state index in [9.17, 15) is 9.90 Å². The van der Waals surface area contributed by atoms with Gasteiger partial charge in [-0.2, -0.15) is 0 Å². The molecule has 2 heterocycles. The number of aliphatic hydroxyl groups excluding tert-OH is 1. The molecule has 6 heteroatoms. The maximum Gasteiger partial charge on any atom is 0.354 e. The Morgan fingerprint density at radius 1 is 1.22 bits per heavy atom. The first-order valence-corrected chi connectivity index (χ1v) is 6.95. The minimum atomic E-state index is -0.934. The topological polar surface area (TPSA) is 66.2 Å². The second-order valence-electron chi connectivity index (χ2n) is 5.09. The zero-order valence-electron chi connectivity index (χ0n) is 12.8. The van der Waals surface area contributed by atoms with Crippen LogP contribution in [0.2, 0.25) is 0 Å². The summed E-state index contributed by atoms with van der Waals surface area (Å²) >= 11 is 0. The molecule has 3 aromatic rings. The van der Waals surface area contributed by atoms with Crippen molar-refractivity contribution in [1.82, 2.24) is 4.98 Å². The Morgan fingerprint density at radius 2 is 1.91 bits per heavy atom. The van der Waals surface area contributed by atoms with Crippen LogP contribution in [-0.2, 0) is 11.8 Å². The maximum absolute atomic E-state index is 12.1. The molecule has 0 bridgehead atoms. The molecule has 0 spiro atoms. The van der Waals surface area contributed by atoms with Crippen molar-refractivity contribution in [2.75, 3.05) is 7.11 Å². The number of methoxy groups -OCH3 is 1. The van der Waals surface area contributed by atoms with Gasteiger partial charge >= 0.3 is 5.97 Å². The van der Waals surface area contributed by atoms with Crippen LogP contribution in [0.15, 0.2) is 48.7 Å². The van der Waals surface area contributed by atoms with Gasteiger partial charge < -0.3 is 38.8 Å². The van der Waals surface area contributed by atoms with Gasteiger partial charge in [0, 0.05) is 28.6 Å². The number of aliphatic hydroxyl groups is 1. The number of rotatable bonds is 3. The first-order valence-electron chi connectivity index (χ1n) is 6.95. The predicted octanol–water partition coefficient (Wildman–Crippen LogP) is -1.14. The third-order valence-electron chi connectivity index (χ3n) is 3.78. The Kier molecular flexibility index (Phi) is 5.38. The summed E-state index contributed by atoms with van der Waals surface area (Å²) < 4.78 is 6.66. The number of pyridine rings is 1. The first-order chi connectivity index (χ1) is 10.6. The zero-order valence-corrected chi connectivity index (χ0v) is 14.9. The highest BCUT2D eigenvalue weighted by atomic mass is 127. The maximum atomic E-state index is 12.1. The molecule has 0 amide bonds. The lowest BCUT2D eigenvalue weighted by Gasteiger charge is -2.10. The molecule has 2 N–H and O–H groups in total. The van der Waals surface area contributed by atoms with Crippen LogP contribution < -0.4 is 28.5 Å². The molecule has 3 rings (SSSR count). The van der Waals surface area contributed by atoms with E-state index < -0.39 is 12.1 Å². The van der Waals surface area contributed by atoms with Gasteiger partial charge in [-0.15, -0.1) is 0 Å². The number of fused-ring (bicyclic) bond motifs is 1. The molecular weight excluding hydrogens is 407 g/mol. The minimum Gasteiger partial charge on any atom is -1.00 e. The molecular formula is C17H17IN2O3. The van der Waals surface area contributed by atoms with Crippen molar-refractivity contribution in [3.63, 3.8) is 0 Å². The fourth-order valence-electron chi connectivity index (χ4n) is 2.68. The van der Waals surface area contributed by atoms with Crippen LogP contribution >= 0.6 is 0 Å². The van der Waals surface area contributed by atoms with E-state index in [1.807, 2.05) is 60.3 Å². The molecule has 120 valence electrons. The Balaban J connectivity index is 0.00000192. The molecule has 0 aliphatic rings. The lowest BCUT2D eigenvalue weighted by Crippen LogP contribution is -3.00. The van der Waals surface area contributed by atoms with Crippen LogP contribution in [0.25, 0.3) is 10.9 Å². The second-order valence-corrected chi connectivity index (χ2v) is 5.09. The van der Waals surface area contributed by atoms with Crippen molar-refractivity contribution in [3.05, 3.63) is 65.6 Å². The normalized spacial score (nSPS) is 11.8. The van der Waals surface area contributed by atoms with E-state index in [1.165, 1.54) is 7.11 Å². The van der Waals surface area contributed by atoms with Crippen LogP contribution in [0.1, 0.15) is 27.8 Å². The first kappa shape index (κ1) is 17.4. The third kappa shape index (κ3) is 3.09. The molecule has 1 atom stereocenters. The summed E-state index contributed by atoms with van der Waals surface area (Å²) in [5.41, 5.74) is 2.29. The van der Waals surface area contributed by atoms with Crippen LogP contribution in [0.4, 0.5) is 0 Å². The molecule has 0 saturated heterocycles. The lowest BCUT2D eigenvalue weighted by molar-refractivity contribution is -0.682. The van der Waals surface area contributed by atoms with Gasteiger partial charge in [-0.05, 0) is 12.1 Å². The SMILES string of the molecule is COC(=O)c1[nH]c2ccccc2c1C(O)c1cccc[n+]1C.[I-]. The number of benzene rings is 1. The van der Waals surface area contributed by atoms with Crippen molar-refractivity contribution in [2.24, 2.45) is 7.05 Å². The number of nitrogens with zero attached hydrogens (tertiary/aromatic N) is 1. The van der Waals surface area contributed by atoms with Crippen LogP contribution in [-0.4, -0.2) is 23.2 Å². The number of hydrogen-bond acceptors (Lipinski definition) is 3. The number of carbonyl (C=O) groups is 1. The smallest absolute Gasteiger partial charge is 0.354 e. The van der Waals surface area contributed by atoms with Crippen molar-refractivity contribution >= 4 is 16.9 Å². The molecule has 0 aliphatic carbocycles. The minimum absolute atomic E-state index is 0. The summed E-state index contributed by atoms with van der Waals surface area (Å²) in [6.45, 7) is 0. The Hall–Kier alpha value is -1.93. The van der Waals surface area contributed by atoms with Crippen molar-refractivity contribution < 1.29 is 43.2 Å². The zero-order chi connectivity index (χ0) is 15.7. The molecule has 23 heavy (non-hydrogen) atoms. The number of aromatic nitrogens is 2. The van der Waals surface area contributed by atoms with Crippen LogP contribution in [0.5, 0.6) is 0 Å².